The van der Waals surface area contributed by atoms with Gasteiger partial charge in [0.15, 0.2) is 0 Å². The molecule has 0 atom stereocenters. The van der Waals surface area contributed by atoms with Gasteiger partial charge < -0.3 is 0 Å². The number of rotatable bonds is 3. The second kappa shape index (κ2) is 8.33. The van der Waals surface area contributed by atoms with Crippen LogP contribution in [-0.2, 0) is 12.8 Å². The Balaban J connectivity index is 0.000000246. The molecular weight excluding hydrogens is 288 g/mol. The first-order valence-electron chi connectivity index (χ1n) is 9.77. The highest BCUT2D eigenvalue weighted by atomic mass is 14.2. The Morgan fingerprint density at radius 2 is 1.38 bits per heavy atom. The molecule has 1 aliphatic carbocycles. The number of unbranched alkanes of at least 4 members (excludes halogenated alkanes) is 3. The molecule has 0 heteroatoms. The molecule has 0 heterocycles. The van der Waals surface area contributed by atoms with Crippen LogP contribution in [0.1, 0.15) is 63.5 Å². The van der Waals surface area contributed by atoms with E-state index in [1.807, 2.05) is 0 Å². The van der Waals surface area contributed by atoms with Gasteiger partial charge in [-0.05, 0) is 58.4 Å². The number of aryl methyl sites for hydroxylation is 2. The highest BCUT2D eigenvalue weighted by Crippen LogP contribution is 2.33. The van der Waals surface area contributed by atoms with Crippen molar-refractivity contribution in [3.8, 4) is 0 Å². The number of fused-ring (bicyclic) bond motifs is 5. The molecular formula is C24H30. The average Bonchev–Trinajstić information content (AvgIpc) is 2.66. The third kappa shape index (κ3) is 3.64. The summed E-state index contributed by atoms with van der Waals surface area (Å²) in [7, 11) is 0. The van der Waals surface area contributed by atoms with Gasteiger partial charge in [-0.15, -0.1) is 0 Å². The number of benzene rings is 3. The van der Waals surface area contributed by atoms with E-state index >= 15 is 0 Å². The fourth-order valence-electron chi connectivity index (χ4n) is 3.84. The largest absolute Gasteiger partial charge is 0.0654 e. The molecule has 0 bridgehead atoms. The smallest absolute Gasteiger partial charge is 0.0102 e. The maximum atomic E-state index is 2.35. The van der Waals surface area contributed by atoms with Crippen LogP contribution in [0.2, 0.25) is 0 Å². The Hall–Kier alpha value is -1.82. The molecule has 3 aromatic rings. The average molecular weight is 319 g/mol. The zero-order valence-corrected chi connectivity index (χ0v) is 15.3. The highest BCUT2D eigenvalue weighted by Gasteiger charge is 2.13. The van der Waals surface area contributed by atoms with Crippen molar-refractivity contribution in [3.63, 3.8) is 0 Å². The van der Waals surface area contributed by atoms with E-state index in [0.29, 0.717) is 0 Å². The van der Waals surface area contributed by atoms with Crippen LogP contribution < -0.4 is 0 Å². The van der Waals surface area contributed by atoms with Crippen LogP contribution in [0.4, 0.5) is 0 Å². The lowest BCUT2D eigenvalue weighted by Crippen LogP contribution is -2.02. The molecule has 0 nitrogen and oxygen atoms in total. The maximum absolute atomic E-state index is 2.35. The first kappa shape index (κ1) is 17.0. The third-order valence-electron chi connectivity index (χ3n) is 5.21. The van der Waals surface area contributed by atoms with Gasteiger partial charge in [-0.1, -0.05) is 88.1 Å². The Labute approximate surface area is 146 Å². The molecule has 0 aliphatic heterocycles. The van der Waals surface area contributed by atoms with Crippen LogP contribution in [0, 0.1) is 0 Å². The molecule has 0 amide bonds. The minimum atomic E-state index is 1.25. The second-order valence-electron chi connectivity index (χ2n) is 7.00. The van der Waals surface area contributed by atoms with Gasteiger partial charge in [-0.3, -0.25) is 0 Å². The summed E-state index contributed by atoms with van der Waals surface area (Å²) in [5, 5.41) is 5.64. The van der Waals surface area contributed by atoms with Crippen LogP contribution in [-0.4, -0.2) is 0 Å². The molecule has 0 aromatic heterocycles. The van der Waals surface area contributed by atoms with Crippen molar-refractivity contribution < 1.29 is 0 Å². The lowest BCUT2D eigenvalue weighted by atomic mass is 9.86. The first-order valence-corrected chi connectivity index (χ1v) is 9.77. The Kier molecular flexibility index (Phi) is 5.91. The van der Waals surface area contributed by atoms with Crippen molar-refractivity contribution in [1.82, 2.24) is 0 Å². The summed E-state index contributed by atoms with van der Waals surface area (Å²) < 4.78 is 0. The molecule has 126 valence electrons. The van der Waals surface area contributed by atoms with Gasteiger partial charge in [0.1, 0.15) is 0 Å². The summed E-state index contributed by atoms with van der Waals surface area (Å²) in [6.07, 6.45) is 10.8. The third-order valence-corrected chi connectivity index (χ3v) is 5.21. The van der Waals surface area contributed by atoms with E-state index in [2.05, 4.69) is 62.4 Å². The molecule has 1 aliphatic rings. The highest BCUT2D eigenvalue weighted by molar-refractivity contribution is 6.08. The van der Waals surface area contributed by atoms with Crippen molar-refractivity contribution >= 4 is 21.5 Å². The number of hydrogen-bond donors (Lipinski definition) is 0. The Morgan fingerprint density at radius 3 is 2.17 bits per heavy atom. The van der Waals surface area contributed by atoms with E-state index < -0.39 is 0 Å². The van der Waals surface area contributed by atoms with E-state index in [0.717, 1.165) is 0 Å². The fraction of sp³-hybridized carbons (Fsp3) is 0.417. The van der Waals surface area contributed by atoms with Crippen LogP contribution in [0.15, 0.2) is 48.5 Å². The summed E-state index contributed by atoms with van der Waals surface area (Å²) in [5.74, 6) is 0. The van der Waals surface area contributed by atoms with Gasteiger partial charge in [0, 0.05) is 0 Å². The minimum Gasteiger partial charge on any atom is -0.0654 e. The van der Waals surface area contributed by atoms with E-state index in [1.165, 1.54) is 72.9 Å². The molecule has 0 spiro atoms. The monoisotopic (exact) mass is 318 g/mol. The van der Waals surface area contributed by atoms with Crippen molar-refractivity contribution in [1.29, 1.82) is 0 Å². The topological polar surface area (TPSA) is 0 Å². The number of hydrogen-bond acceptors (Lipinski definition) is 0. The van der Waals surface area contributed by atoms with Crippen molar-refractivity contribution in [2.24, 2.45) is 0 Å². The molecule has 0 fully saturated rings. The van der Waals surface area contributed by atoms with E-state index in [4.69, 9.17) is 0 Å². The molecule has 0 unspecified atom stereocenters. The molecule has 4 rings (SSSR count). The molecule has 0 saturated carbocycles. The summed E-state index contributed by atoms with van der Waals surface area (Å²) in [5.41, 5.74) is 3.17. The van der Waals surface area contributed by atoms with E-state index in [9.17, 15) is 0 Å². The molecule has 0 N–H and O–H groups in total. The first-order chi connectivity index (χ1) is 11.8. The molecule has 3 aromatic carbocycles. The molecule has 0 saturated heterocycles. The molecule has 0 radical (unpaired) electrons. The van der Waals surface area contributed by atoms with Crippen molar-refractivity contribution in [2.75, 3.05) is 0 Å². The van der Waals surface area contributed by atoms with Crippen molar-refractivity contribution in [2.45, 2.75) is 65.2 Å². The van der Waals surface area contributed by atoms with E-state index in [1.54, 1.807) is 11.1 Å². The Bertz CT molecular complexity index is 794. The SMILES string of the molecule is CCCCCC.c1ccc2c(c1)ccc1c3c(ccc12)CCCC3. The van der Waals surface area contributed by atoms with Crippen LogP contribution >= 0.6 is 0 Å². The summed E-state index contributed by atoms with van der Waals surface area (Å²) in [6, 6.07) is 18.0. The predicted molar refractivity (Wildman–Crippen MR) is 108 cm³/mol. The van der Waals surface area contributed by atoms with Gasteiger partial charge in [0.25, 0.3) is 0 Å². The second-order valence-corrected chi connectivity index (χ2v) is 7.00. The van der Waals surface area contributed by atoms with Gasteiger partial charge in [-0.2, -0.15) is 0 Å². The van der Waals surface area contributed by atoms with Gasteiger partial charge in [0.05, 0.1) is 0 Å². The van der Waals surface area contributed by atoms with Crippen molar-refractivity contribution in [3.05, 3.63) is 59.7 Å². The minimum absolute atomic E-state index is 1.25. The Morgan fingerprint density at radius 1 is 0.667 bits per heavy atom. The summed E-state index contributed by atoms with van der Waals surface area (Å²) in [4.78, 5) is 0. The normalized spacial score (nSPS) is 13.4. The quantitative estimate of drug-likeness (QED) is 0.347. The van der Waals surface area contributed by atoms with Gasteiger partial charge in [-0.25, -0.2) is 0 Å². The molecule has 24 heavy (non-hydrogen) atoms. The van der Waals surface area contributed by atoms with Crippen LogP contribution in [0.5, 0.6) is 0 Å². The van der Waals surface area contributed by atoms with Crippen LogP contribution in [0.3, 0.4) is 0 Å². The van der Waals surface area contributed by atoms with Gasteiger partial charge >= 0.3 is 0 Å². The lowest BCUT2D eigenvalue weighted by Gasteiger charge is -2.18. The summed E-state index contributed by atoms with van der Waals surface area (Å²) in [6.45, 7) is 4.46. The standard InChI is InChI=1S/C18H16.C6H14/c1-3-7-15-13(5-1)9-11-18-16-8-4-2-6-14(16)10-12-17(15)18;1-3-5-6-4-2/h1,3,5,7,9-12H,2,4,6,8H2;3-6H2,1-2H3. The van der Waals surface area contributed by atoms with Crippen LogP contribution in [0.25, 0.3) is 21.5 Å². The lowest BCUT2D eigenvalue weighted by molar-refractivity contribution is 0.690. The zero-order valence-electron chi connectivity index (χ0n) is 15.3. The maximum Gasteiger partial charge on any atom is -0.0102 e. The van der Waals surface area contributed by atoms with Gasteiger partial charge in [0.2, 0.25) is 0 Å². The van der Waals surface area contributed by atoms with E-state index in [-0.39, 0.29) is 0 Å². The predicted octanol–water partition coefficient (Wildman–Crippen LogP) is 7.46. The summed E-state index contributed by atoms with van der Waals surface area (Å²) >= 11 is 0. The zero-order chi connectivity index (χ0) is 16.8. The fourth-order valence-corrected chi connectivity index (χ4v) is 3.84.